The number of carbonyl (C=O) groups excluding carboxylic acids is 2. The van der Waals surface area contributed by atoms with Crippen molar-refractivity contribution < 1.29 is 23.8 Å². The highest BCUT2D eigenvalue weighted by molar-refractivity contribution is 5.94. The SMILES string of the molecule is COc1ccccc1NC(=O)NC(C(=O)N1CCN(Cc2ccc3c(c2)OCO3)CC1)C(C)C. The van der Waals surface area contributed by atoms with E-state index in [0.29, 0.717) is 24.5 Å². The lowest BCUT2D eigenvalue weighted by Gasteiger charge is -2.37. The molecule has 0 saturated carbocycles. The van der Waals surface area contributed by atoms with Gasteiger partial charge in [0.1, 0.15) is 11.8 Å². The fourth-order valence-corrected chi connectivity index (χ4v) is 4.18. The topological polar surface area (TPSA) is 92.4 Å². The molecular weight excluding hydrogens is 436 g/mol. The summed E-state index contributed by atoms with van der Waals surface area (Å²) in [5, 5.41) is 5.64. The standard InChI is InChI=1S/C25H32N4O5/c1-17(2)23(27-25(31)26-19-6-4-5-7-20(19)32-3)24(30)29-12-10-28(11-13-29)15-18-8-9-21-22(14-18)34-16-33-21/h4-9,14,17,23H,10-13,15-16H2,1-3H3,(H2,26,27,31). The molecule has 2 aliphatic heterocycles. The molecule has 3 amide bonds. The van der Waals surface area contributed by atoms with E-state index in [4.69, 9.17) is 14.2 Å². The van der Waals surface area contributed by atoms with Crippen LogP contribution in [0.25, 0.3) is 0 Å². The Balaban J connectivity index is 1.30. The summed E-state index contributed by atoms with van der Waals surface area (Å²) >= 11 is 0. The largest absolute Gasteiger partial charge is 0.495 e. The number of hydrogen-bond acceptors (Lipinski definition) is 6. The zero-order chi connectivity index (χ0) is 24.1. The van der Waals surface area contributed by atoms with Crippen LogP contribution in [0, 0.1) is 5.92 Å². The van der Waals surface area contributed by atoms with E-state index in [-0.39, 0.29) is 18.6 Å². The van der Waals surface area contributed by atoms with Crippen molar-refractivity contribution in [2.45, 2.75) is 26.4 Å². The molecule has 0 aliphatic carbocycles. The van der Waals surface area contributed by atoms with Crippen molar-refractivity contribution in [3.05, 3.63) is 48.0 Å². The maximum atomic E-state index is 13.3. The van der Waals surface area contributed by atoms with Crippen LogP contribution < -0.4 is 24.8 Å². The molecule has 0 bridgehead atoms. The molecule has 1 saturated heterocycles. The summed E-state index contributed by atoms with van der Waals surface area (Å²) in [5.74, 6) is 2.00. The second-order valence-electron chi connectivity index (χ2n) is 8.81. The van der Waals surface area contributed by atoms with Crippen molar-refractivity contribution in [2.24, 2.45) is 5.92 Å². The molecule has 0 aromatic heterocycles. The van der Waals surface area contributed by atoms with Crippen molar-refractivity contribution in [1.82, 2.24) is 15.1 Å². The highest BCUT2D eigenvalue weighted by Crippen LogP contribution is 2.33. The normalized spacial score (nSPS) is 16.3. The Hall–Kier alpha value is -3.46. The van der Waals surface area contributed by atoms with E-state index in [0.717, 1.165) is 36.7 Å². The third kappa shape index (κ3) is 5.53. The van der Waals surface area contributed by atoms with Gasteiger partial charge >= 0.3 is 6.03 Å². The number of fused-ring (bicyclic) bond motifs is 1. The number of ether oxygens (including phenoxy) is 3. The Labute approximate surface area is 200 Å². The molecule has 1 atom stereocenters. The summed E-state index contributed by atoms with van der Waals surface area (Å²) in [5.41, 5.74) is 1.70. The molecule has 1 fully saturated rings. The van der Waals surface area contributed by atoms with Crippen LogP contribution in [0.4, 0.5) is 10.5 Å². The quantitative estimate of drug-likeness (QED) is 0.649. The summed E-state index contributed by atoms with van der Waals surface area (Å²) < 4.78 is 16.1. The Kier molecular flexibility index (Phi) is 7.42. The minimum Gasteiger partial charge on any atom is -0.495 e. The molecule has 1 unspecified atom stereocenters. The van der Waals surface area contributed by atoms with E-state index in [1.165, 1.54) is 0 Å². The predicted molar refractivity (Wildman–Crippen MR) is 128 cm³/mol. The summed E-state index contributed by atoms with van der Waals surface area (Å²) in [7, 11) is 1.55. The summed E-state index contributed by atoms with van der Waals surface area (Å²) in [4.78, 5) is 30.0. The molecular formula is C25H32N4O5. The van der Waals surface area contributed by atoms with Crippen molar-refractivity contribution in [3.8, 4) is 17.2 Å². The van der Waals surface area contributed by atoms with Crippen molar-refractivity contribution in [3.63, 3.8) is 0 Å². The smallest absolute Gasteiger partial charge is 0.320 e. The Bertz CT molecular complexity index is 1020. The van der Waals surface area contributed by atoms with Gasteiger partial charge in [0.15, 0.2) is 11.5 Å². The summed E-state index contributed by atoms with van der Waals surface area (Å²) in [6.45, 7) is 7.67. The van der Waals surface area contributed by atoms with Gasteiger partial charge in [0.2, 0.25) is 12.7 Å². The van der Waals surface area contributed by atoms with Gasteiger partial charge < -0.3 is 29.7 Å². The third-order valence-electron chi connectivity index (χ3n) is 6.10. The van der Waals surface area contributed by atoms with Crippen LogP contribution in [-0.4, -0.2) is 67.9 Å². The summed E-state index contributed by atoms with van der Waals surface area (Å²) in [6, 6.07) is 12.1. The number of carbonyl (C=O) groups is 2. The average molecular weight is 469 g/mol. The van der Waals surface area contributed by atoms with Gasteiger partial charge in [-0.15, -0.1) is 0 Å². The number of amides is 3. The Morgan fingerprint density at radius 1 is 1.03 bits per heavy atom. The Morgan fingerprint density at radius 2 is 1.76 bits per heavy atom. The van der Waals surface area contributed by atoms with E-state index in [1.54, 1.807) is 19.2 Å². The molecule has 2 aromatic rings. The number of piperazine rings is 1. The number of hydrogen-bond donors (Lipinski definition) is 2. The lowest BCUT2D eigenvalue weighted by Crippen LogP contribution is -2.56. The highest BCUT2D eigenvalue weighted by atomic mass is 16.7. The van der Waals surface area contributed by atoms with Gasteiger partial charge in [-0.25, -0.2) is 4.79 Å². The van der Waals surface area contributed by atoms with E-state index < -0.39 is 12.1 Å². The van der Waals surface area contributed by atoms with Crippen molar-refractivity contribution in [2.75, 3.05) is 45.4 Å². The van der Waals surface area contributed by atoms with Crippen LogP contribution in [0.1, 0.15) is 19.4 Å². The lowest BCUT2D eigenvalue weighted by atomic mass is 10.0. The predicted octanol–water partition coefficient (Wildman–Crippen LogP) is 2.91. The van der Waals surface area contributed by atoms with Gasteiger partial charge in [-0.2, -0.15) is 0 Å². The second-order valence-corrected chi connectivity index (χ2v) is 8.81. The number of para-hydroxylation sites is 2. The van der Waals surface area contributed by atoms with Gasteiger partial charge in [-0.3, -0.25) is 9.69 Å². The van der Waals surface area contributed by atoms with E-state index in [2.05, 4.69) is 15.5 Å². The van der Waals surface area contributed by atoms with E-state index >= 15 is 0 Å². The third-order valence-corrected chi connectivity index (χ3v) is 6.10. The fraction of sp³-hybridized carbons (Fsp3) is 0.440. The average Bonchev–Trinajstić information content (AvgIpc) is 3.31. The number of benzene rings is 2. The lowest BCUT2D eigenvalue weighted by molar-refractivity contribution is -0.136. The first kappa shape index (κ1) is 23.7. The van der Waals surface area contributed by atoms with Gasteiger partial charge in [0.05, 0.1) is 12.8 Å². The minimum atomic E-state index is -0.616. The first-order valence-corrected chi connectivity index (χ1v) is 11.5. The van der Waals surface area contributed by atoms with Crippen LogP contribution in [0.3, 0.4) is 0 Å². The van der Waals surface area contributed by atoms with Crippen molar-refractivity contribution in [1.29, 1.82) is 0 Å². The van der Waals surface area contributed by atoms with Crippen LogP contribution in [-0.2, 0) is 11.3 Å². The molecule has 9 nitrogen and oxygen atoms in total. The van der Waals surface area contributed by atoms with E-state index in [1.807, 2.05) is 49.1 Å². The molecule has 2 N–H and O–H groups in total. The maximum Gasteiger partial charge on any atom is 0.320 e. The van der Waals surface area contributed by atoms with Gasteiger partial charge in [0, 0.05) is 32.7 Å². The number of rotatable bonds is 7. The van der Waals surface area contributed by atoms with Gasteiger partial charge in [0.25, 0.3) is 0 Å². The van der Waals surface area contributed by atoms with Crippen LogP contribution in [0.2, 0.25) is 0 Å². The summed E-state index contributed by atoms with van der Waals surface area (Å²) in [6.07, 6.45) is 0. The number of nitrogens with zero attached hydrogens (tertiary/aromatic N) is 2. The van der Waals surface area contributed by atoms with Crippen LogP contribution in [0.15, 0.2) is 42.5 Å². The second kappa shape index (κ2) is 10.6. The zero-order valence-corrected chi connectivity index (χ0v) is 19.9. The first-order valence-electron chi connectivity index (χ1n) is 11.5. The molecule has 2 aliphatic rings. The molecule has 2 aromatic carbocycles. The monoisotopic (exact) mass is 468 g/mol. The van der Waals surface area contributed by atoms with Gasteiger partial charge in [-0.05, 0) is 35.7 Å². The highest BCUT2D eigenvalue weighted by Gasteiger charge is 2.31. The van der Waals surface area contributed by atoms with Crippen LogP contribution >= 0.6 is 0 Å². The minimum absolute atomic E-state index is 0.0532. The zero-order valence-electron chi connectivity index (χ0n) is 19.9. The number of urea groups is 1. The Morgan fingerprint density at radius 3 is 2.50 bits per heavy atom. The number of anilines is 1. The molecule has 182 valence electrons. The van der Waals surface area contributed by atoms with Gasteiger partial charge in [-0.1, -0.05) is 32.0 Å². The van der Waals surface area contributed by atoms with Crippen molar-refractivity contribution >= 4 is 17.6 Å². The molecule has 4 rings (SSSR count). The molecule has 2 heterocycles. The molecule has 0 spiro atoms. The first-order chi connectivity index (χ1) is 16.4. The number of nitrogens with one attached hydrogen (secondary N) is 2. The maximum absolute atomic E-state index is 13.3. The fourth-order valence-electron chi connectivity index (χ4n) is 4.18. The molecule has 34 heavy (non-hydrogen) atoms. The van der Waals surface area contributed by atoms with Crippen LogP contribution in [0.5, 0.6) is 17.2 Å². The number of methoxy groups -OCH3 is 1. The molecule has 0 radical (unpaired) electrons. The molecule has 9 heteroatoms. The van der Waals surface area contributed by atoms with E-state index in [9.17, 15) is 9.59 Å².